The van der Waals surface area contributed by atoms with Gasteiger partial charge in [0.2, 0.25) is 0 Å². The van der Waals surface area contributed by atoms with Crippen LogP contribution in [0.15, 0.2) is 0 Å². The van der Waals surface area contributed by atoms with Gasteiger partial charge in [0.05, 0.1) is 0 Å². The molecular formula is C10H19N. The first-order valence-corrected chi connectivity index (χ1v) is 4.70. The molecule has 2 bridgehead atoms. The van der Waals surface area contributed by atoms with Crippen LogP contribution >= 0.6 is 0 Å². The van der Waals surface area contributed by atoms with Crippen molar-refractivity contribution in [3.05, 3.63) is 0 Å². The molecule has 1 heteroatoms. The van der Waals surface area contributed by atoms with Gasteiger partial charge in [0, 0.05) is 5.54 Å². The van der Waals surface area contributed by atoms with Gasteiger partial charge in [0.25, 0.3) is 0 Å². The minimum absolute atomic E-state index is 0.168. The second-order valence-electron chi connectivity index (χ2n) is 5.34. The predicted molar refractivity (Wildman–Crippen MR) is 47.3 cm³/mol. The van der Waals surface area contributed by atoms with Crippen molar-refractivity contribution in [2.75, 3.05) is 0 Å². The van der Waals surface area contributed by atoms with Gasteiger partial charge in [0.15, 0.2) is 0 Å². The highest BCUT2D eigenvalue weighted by molar-refractivity contribution is 5.17. The zero-order valence-corrected chi connectivity index (χ0v) is 7.91. The summed E-state index contributed by atoms with van der Waals surface area (Å²) in [7, 11) is 0. The Bertz CT molecular complexity index is 165. The van der Waals surface area contributed by atoms with Crippen molar-refractivity contribution in [3.8, 4) is 0 Å². The van der Waals surface area contributed by atoms with E-state index in [2.05, 4.69) is 20.8 Å². The van der Waals surface area contributed by atoms with Gasteiger partial charge in [-0.15, -0.1) is 0 Å². The second kappa shape index (κ2) is 1.66. The van der Waals surface area contributed by atoms with E-state index in [0.717, 1.165) is 0 Å². The number of nitrogens with two attached hydrogens (primary N) is 1. The molecule has 0 aromatic rings. The fourth-order valence-corrected chi connectivity index (χ4v) is 3.10. The van der Waals surface area contributed by atoms with Gasteiger partial charge in [0.1, 0.15) is 0 Å². The summed E-state index contributed by atoms with van der Waals surface area (Å²) < 4.78 is 0. The van der Waals surface area contributed by atoms with Crippen LogP contribution in [-0.2, 0) is 0 Å². The highest BCUT2D eigenvalue weighted by Crippen LogP contribution is 2.66. The highest BCUT2D eigenvalue weighted by atomic mass is 14.9. The van der Waals surface area contributed by atoms with Crippen molar-refractivity contribution < 1.29 is 0 Å². The Balaban J connectivity index is 2.46. The van der Waals surface area contributed by atoms with Crippen LogP contribution in [0.2, 0.25) is 0 Å². The van der Waals surface area contributed by atoms with E-state index in [1.54, 1.807) is 0 Å². The Morgan fingerprint density at radius 1 is 0.909 bits per heavy atom. The Kier molecular flexibility index (Phi) is 1.15. The molecule has 2 N–H and O–H groups in total. The molecule has 2 aliphatic carbocycles. The smallest absolute Gasteiger partial charge is 0.0211 e. The molecule has 0 aliphatic heterocycles. The number of hydrogen-bond acceptors (Lipinski definition) is 1. The van der Waals surface area contributed by atoms with Gasteiger partial charge in [-0.2, -0.15) is 0 Å². The first-order chi connectivity index (χ1) is 4.91. The summed E-state index contributed by atoms with van der Waals surface area (Å²) in [5.41, 5.74) is 7.45. The van der Waals surface area contributed by atoms with E-state index in [9.17, 15) is 0 Å². The third kappa shape index (κ3) is 0.618. The van der Waals surface area contributed by atoms with Gasteiger partial charge >= 0.3 is 0 Å². The van der Waals surface area contributed by atoms with Gasteiger partial charge < -0.3 is 5.73 Å². The molecule has 2 fully saturated rings. The molecule has 0 unspecified atom stereocenters. The molecule has 0 saturated heterocycles. The standard InChI is InChI=1S/C10H19N/c1-8(2)9(3)4-6-10(8,11)7-5-9/h4-7,11H2,1-3H3. The van der Waals surface area contributed by atoms with Crippen LogP contribution in [0.1, 0.15) is 46.5 Å². The number of rotatable bonds is 0. The molecule has 2 aliphatic rings. The average molecular weight is 153 g/mol. The zero-order chi connectivity index (χ0) is 8.33. The van der Waals surface area contributed by atoms with Gasteiger partial charge in [-0.05, 0) is 36.5 Å². The average Bonchev–Trinajstić information content (AvgIpc) is 2.19. The van der Waals surface area contributed by atoms with Crippen LogP contribution in [-0.4, -0.2) is 5.54 Å². The molecular weight excluding hydrogens is 134 g/mol. The van der Waals surface area contributed by atoms with Gasteiger partial charge in [-0.3, -0.25) is 0 Å². The van der Waals surface area contributed by atoms with Crippen LogP contribution in [0.25, 0.3) is 0 Å². The normalized spacial score (nSPS) is 53.5. The van der Waals surface area contributed by atoms with Crippen LogP contribution in [0.5, 0.6) is 0 Å². The minimum atomic E-state index is 0.168. The van der Waals surface area contributed by atoms with E-state index in [-0.39, 0.29) is 5.54 Å². The molecule has 2 rings (SSSR count). The van der Waals surface area contributed by atoms with Crippen molar-refractivity contribution >= 4 is 0 Å². The summed E-state index contributed by atoms with van der Waals surface area (Å²) in [5.74, 6) is 0. The fourth-order valence-electron chi connectivity index (χ4n) is 3.10. The summed E-state index contributed by atoms with van der Waals surface area (Å²) in [4.78, 5) is 0. The van der Waals surface area contributed by atoms with Crippen molar-refractivity contribution in [3.63, 3.8) is 0 Å². The fraction of sp³-hybridized carbons (Fsp3) is 1.00. The van der Waals surface area contributed by atoms with E-state index >= 15 is 0 Å². The highest BCUT2D eigenvalue weighted by Gasteiger charge is 2.63. The monoisotopic (exact) mass is 153 g/mol. The molecule has 0 amide bonds. The second-order valence-corrected chi connectivity index (χ2v) is 5.34. The Morgan fingerprint density at radius 3 is 1.45 bits per heavy atom. The quantitative estimate of drug-likeness (QED) is 0.568. The molecule has 1 nitrogen and oxygen atoms in total. The number of fused-ring (bicyclic) bond motifs is 2. The summed E-state index contributed by atoms with van der Waals surface area (Å²) in [6, 6.07) is 0. The summed E-state index contributed by atoms with van der Waals surface area (Å²) in [6.07, 6.45) is 5.18. The maximum atomic E-state index is 6.36. The van der Waals surface area contributed by atoms with Crippen molar-refractivity contribution in [2.24, 2.45) is 16.6 Å². The lowest BCUT2D eigenvalue weighted by Crippen LogP contribution is -2.47. The lowest BCUT2D eigenvalue weighted by molar-refractivity contribution is 0.137. The van der Waals surface area contributed by atoms with Crippen molar-refractivity contribution in [1.82, 2.24) is 0 Å². The topological polar surface area (TPSA) is 26.0 Å². The van der Waals surface area contributed by atoms with E-state index < -0.39 is 0 Å². The molecule has 0 spiro atoms. The Morgan fingerprint density at radius 2 is 1.36 bits per heavy atom. The molecule has 0 radical (unpaired) electrons. The van der Waals surface area contributed by atoms with E-state index in [0.29, 0.717) is 10.8 Å². The van der Waals surface area contributed by atoms with Gasteiger partial charge in [-0.25, -0.2) is 0 Å². The molecule has 0 atom stereocenters. The minimum Gasteiger partial charge on any atom is -0.325 e. The SMILES string of the molecule is CC12CCC(N)(CC1)C2(C)C. The first kappa shape index (κ1) is 7.60. The predicted octanol–water partition coefficient (Wildman–Crippen LogP) is 2.30. The first-order valence-electron chi connectivity index (χ1n) is 4.70. The largest absolute Gasteiger partial charge is 0.325 e. The third-order valence-corrected chi connectivity index (χ3v) is 5.00. The summed E-state index contributed by atoms with van der Waals surface area (Å²) in [6.45, 7) is 7.12. The molecule has 0 heterocycles. The number of hydrogen-bond donors (Lipinski definition) is 1. The van der Waals surface area contributed by atoms with Crippen LogP contribution in [0.3, 0.4) is 0 Å². The third-order valence-electron chi connectivity index (χ3n) is 5.00. The maximum absolute atomic E-state index is 6.36. The van der Waals surface area contributed by atoms with Crippen LogP contribution < -0.4 is 5.73 Å². The van der Waals surface area contributed by atoms with Crippen molar-refractivity contribution in [1.29, 1.82) is 0 Å². The van der Waals surface area contributed by atoms with E-state index in [1.165, 1.54) is 25.7 Å². The Labute approximate surface area is 69.4 Å². The molecule has 0 aromatic heterocycles. The van der Waals surface area contributed by atoms with Gasteiger partial charge in [-0.1, -0.05) is 20.8 Å². The molecule has 2 saturated carbocycles. The lowest BCUT2D eigenvalue weighted by atomic mass is 9.69. The molecule has 0 aromatic carbocycles. The summed E-state index contributed by atoms with van der Waals surface area (Å²) in [5, 5.41) is 0. The maximum Gasteiger partial charge on any atom is 0.0211 e. The zero-order valence-electron chi connectivity index (χ0n) is 7.91. The Hall–Kier alpha value is -0.0400. The van der Waals surface area contributed by atoms with Crippen LogP contribution in [0.4, 0.5) is 0 Å². The summed E-state index contributed by atoms with van der Waals surface area (Å²) >= 11 is 0. The van der Waals surface area contributed by atoms with E-state index in [1.807, 2.05) is 0 Å². The molecule has 64 valence electrons. The van der Waals surface area contributed by atoms with E-state index in [4.69, 9.17) is 5.73 Å². The molecule has 11 heavy (non-hydrogen) atoms. The van der Waals surface area contributed by atoms with Crippen LogP contribution in [0, 0.1) is 10.8 Å². The lowest BCUT2D eigenvalue weighted by Gasteiger charge is -2.38. The van der Waals surface area contributed by atoms with Crippen molar-refractivity contribution in [2.45, 2.75) is 52.0 Å².